The maximum Gasteiger partial charge on any atom is 0.243 e. The summed E-state index contributed by atoms with van der Waals surface area (Å²) in [6.07, 6.45) is 10.5. The van der Waals surface area contributed by atoms with Gasteiger partial charge in [0.2, 0.25) is 10.0 Å². The zero-order valence-corrected chi connectivity index (χ0v) is 20.4. The van der Waals surface area contributed by atoms with E-state index >= 15 is 0 Å². The second kappa shape index (κ2) is 8.68. The van der Waals surface area contributed by atoms with Crippen LogP contribution in [0.4, 0.5) is 5.69 Å². The number of anilines is 1. The first kappa shape index (κ1) is 22.3. The molecular formula is C25H28Cl2N2O2S. The van der Waals surface area contributed by atoms with Crippen molar-refractivity contribution in [1.29, 1.82) is 0 Å². The number of nitrogens with one attached hydrogen (secondary N) is 1. The summed E-state index contributed by atoms with van der Waals surface area (Å²) in [6.45, 7) is 0. The molecule has 0 spiro atoms. The highest BCUT2D eigenvalue weighted by molar-refractivity contribution is 7.89. The number of hydrogen-bond acceptors (Lipinski definition) is 3. The Morgan fingerprint density at radius 3 is 2.47 bits per heavy atom. The standard InChI is InChI=1S/C25H28Cl2N2O2S/c1-29(16-7-3-2-4-8-16)32(30,31)17-13-14-23-20(15-17)18-9-5-10-19(18)25(28-23)24-21(26)11-6-12-22(24)27/h5-6,9,11-16,18-19,25,28H,2-4,7-8,10H2,1H3. The Bertz CT molecular complexity index is 1140. The van der Waals surface area contributed by atoms with Crippen LogP contribution in [-0.4, -0.2) is 25.8 Å². The molecule has 3 atom stereocenters. The van der Waals surface area contributed by atoms with Gasteiger partial charge in [0.25, 0.3) is 0 Å². The van der Waals surface area contributed by atoms with Gasteiger partial charge in [0.1, 0.15) is 0 Å². The molecule has 1 heterocycles. The third-order valence-electron chi connectivity index (χ3n) is 7.41. The molecule has 0 radical (unpaired) electrons. The SMILES string of the molecule is CN(C1CCCCC1)S(=O)(=O)c1ccc2c(c1)C1C=CCC1C(c1c(Cl)cccc1Cl)N2. The van der Waals surface area contributed by atoms with Crippen molar-refractivity contribution >= 4 is 38.9 Å². The number of sulfonamides is 1. The molecule has 0 aromatic heterocycles. The van der Waals surface area contributed by atoms with E-state index in [0.717, 1.165) is 48.9 Å². The first-order valence-corrected chi connectivity index (χ1v) is 13.6. The van der Waals surface area contributed by atoms with Crippen LogP contribution < -0.4 is 5.32 Å². The number of benzene rings is 2. The fourth-order valence-electron chi connectivity index (χ4n) is 5.63. The average Bonchev–Trinajstić information content (AvgIpc) is 3.29. The molecule has 32 heavy (non-hydrogen) atoms. The zero-order valence-electron chi connectivity index (χ0n) is 18.1. The quantitative estimate of drug-likeness (QED) is 0.480. The molecule has 4 nitrogen and oxygen atoms in total. The van der Waals surface area contributed by atoms with Crippen LogP contribution >= 0.6 is 23.2 Å². The minimum Gasteiger partial charge on any atom is -0.378 e. The van der Waals surface area contributed by atoms with Gasteiger partial charge in [-0.1, -0.05) is 60.7 Å². The van der Waals surface area contributed by atoms with E-state index < -0.39 is 10.0 Å². The maximum absolute atomic E-state index is 13.4. The summed E-state index contributed by atoms with van der Waals surface area (Å²) in [5, 5.41) is 4.92. The predicted octanol–water partition coefficient (Wildman–Crippen LogP) is 6.77. The lowest BCUT2D eigenvalue weighted by Crippen LogP contribution is -2.38. The van der Waals surface area contributed by atoms with E-state index in [-0.39, 0.29) is 23.9 Å². The van der Waals surface area contributed by atoms with Crippen molar-refractivity contribution in [2.75, 3.05) is 12.4 Å². The first-order valence-electron chi connectivity index (χ1n) is 11.4. The lowest BCUT2D eigenvalue weighted by Gasteiger charge is -2.38. The Labute approximate surface area is 200 Å². The number of fused-ring (bicyclic) bond motifs is 3. The van der Waals surface area contributed by atoms with Crippen LogP contribution in [0.1, 0.15) is 61.6 Å². The monoisotopic (exact) mass is 490 g/mol. The molecule has 2 aromatic rings. The Morgan fingerprint density at radius 1 is 1.03 bits per heavy atom. The minimum atomic E-state index is -3.54. The van der Waals surface area contributed by atoms with Gasteiger partial charge < -0.3 is 5.32 Å². The second-order valence-electron chi connectivity index (χ2n) is 9.17. The van der Waals surface area contributed by atoms with Gasteiger partial charge in [0.15, 0.2) is 0 Å². The Morgan fingerprint density at radius 2 is 1.75 bits per heavy atom. The molecule has 1 aliphatic heterocycles. The van der Waals surface area contributed by atoms with Crippen LogP contribution in [0.25, 0.3) is 0 Å². The predicted molar refractivity (Wildman–Crippen MR) is 131 cm³/mol. The van der Waals surface area contributed by atoms with Gasteiger partial charge in [0.05, 0.1) is 10.9 Å². The summed E-state index contributed by atoms with van der Waals surface area (Å²) in [6, 6.07) is 11.2. The average molecular weight is 491 g/mol. The van der Waals surface area contributed by atoms with Gasteiger partial charge in [-0.3, -0.25) is 0 Å². The Balaban J connectivity index is 1.51. The van der Waals surface area contributed by atoms with Crippen LogP contribution in [0.2, 0.25) is 10.0 Å². The fourth-order valence-corrected chi connectivity index (χ4v) is 7.72. The molecule has 0 saturated heterocycles. The largest absolute Gasteiger partial charge is 0.378 e. The Kier molecular flexibility index (Phi) is 6.04. The summed E-state index contributed by atoms with van der Waals surface area (Å²) >= 11 is 13.1. The number of rotatable bonds is 4. The Hall–Kier alpha value is -1.53. The molecule has 170 valence electrons. The normalized spacial score (nSPS) is 25.4. The van der Waals surface area contributed by atoms with E-state index in [9.17, 15) is 8.42 Å². The molecule has 3 unspecified atom stereocenters. The highest BCUT2D eigenvalue weighted by Gasteiger charge is 2.40. The van der Waals surface area contributed by atoms with Crippen molar-refractivity contribution in [3.8, 4) is 0 Å². The third-order valence-corrected chi connectivity index (χ3v) is 9.98. The molecule has 3 aliphatic rings. The number of hydrogen-bond donors (Lipinski definition) is 1. The summed E-state index contributed by atoms with van der Waals surface area (Å²) in [7, 11) is -1.81. The molecule has 5 rings (SSSR count). The molecule has 1 saturated carbocycles. The van der Waals surface area contributed by atoms with E-state index in [1.54, 1.807) is 17.4 Å². The van der Waals surface area contributed by atoms with Crippen molar-refractivity contribution in [3.05, 3.63) is 69.7 Å². The van der Waals surface area contributed by atoms with E-state index in [1.165, 1.54) is 6.42 Å². The smallest absolute Gasteiger partial charge is 0.243 e. The van der Waals surface area contributed by atoms with Gasteiger partial charge in [-0.2, -0.15) is 4.31 Å². The lowest BCUT2D eigenvalue weighted by atomic mass is 9.77. The van der Waals surface area contributed by atoms with Gasteiger partial charge in [-0.05, 0) is 61.1 Å². The van der Waals surface area contributed by atoms with E-state index in [4.69, 9.17) is 23.2 Å². The fraction of sp³-hybridized carbons (Fsp3) is 0.440. The molecule has 7 heteroatoms. The van der Waals surface area contributed by atoms with Crippen molar-refractivity contribution < 1.29 is 8.42 Å². The zero-order chi connectivity index (χ0) is 22.5. The van der Waals surface area contributed by atoms with Crippen LogP contribution in [-0.2, 0) is 10.0 Å². The van der Waals surface area contributed by atoms with Gasteiger partial charge >= 0.3 is 0 Å². The molecule has 1 N–H and O–H groups in total. The van der Waals surface area contributed by atoms with Gasteiger partial charge in [-0.25, -0.2) is 8.42 Å². The van der Waals surface area contributed by atoms with Crippen LogP contribution in [0.15, 0.2) is 53.4 Å². The van der Waals surface area contributed by atoms with Gasteiger partial charge in [-0.15, -0.1) is 0 Å². The first-order chi connectivity index (χ1) is 15.4. The summed E-state index contributed by atoms with van der Waals surface area (Å²) < 4.78 is 28.5. The molecule has 2 aliphatic carbocycles. The third kappa shape index (κ3) is 3.77. The number of nitrogens with zero attached hydrogens (tertiary/aromatic N) is 1. The van der Waals surface area contributed by atoms with E-state index in [1.807, 2.05) is 30.3 Å². The van der Waals surface area contributed by atoms with Crippen molar-refractivity contribution in [3.63, 3.8) is 0 Å². The molecule has 2 aromatic carbocycles. The summed E-state index contributed by atoms with van der Waals surface area (Å²) in [5.41, 5.74) is 2.88. The highest BCUT2D eigenvalue weighted by atomic mass is 35.5. The van der Waals surface area contributed by atoms with E-state index in [2.05, 4.69) is 17.5 Å². The maximum atomic E-state index is 13.4. The van der Waals surface area contributed by atoms with Gasteiger partial charge in [0, 0.05) is 40.3 Å². The van der Waals surface area contributed by atoms with Crippen molar-refractivity contribution in [1.82, 2.24) is 4.31 Å². The van der Waals surface area contributed by atoms with Crippen LogP contribution in [0.3, 0.4) is 0 Å². The molecular weight excluding hydrogens is 463 g/mol. The summed E-state index contributed by atoms with van der Waals surface area (Å²) in [4.78, 5) is 0.374. The number of halogens is 2. The summed E-state index contributed by atoms with van der Waals surface area (Å²) in [5.74, 6) is 0.354. The van der Waals surface area contributed by atoms with Crippen molar-refractivity contribution in [2.45, 2.75) is 61.4 Å². The minimum absolute atomic E-state index is 0.0314. The lowest BCUT2D eigenvalue weighted by molar-refractivity contribution is 0.286. The topological polar surface area (TPSA) is 49.4 Å². The molecule has 0 amide bonds. The molecule has 1 fully saturated rings. The van der Waals surface area contributed by atoms with Crippen LogP contribution in [0, 0.1) is 5.92 Å². The van der Waals surface area contributed by atoms with Crippen molar-refractivity contribution in [2.24, 2.45) is 5.92 Å². The second-order valence-corrected chi connectivity index (χ2v) is 12.0. The number of allylic oxidation sites excluding steroid dienone is 2. The highest BCUT2D eigenvalue weighted by Crippen LogP contribution is 2.52. The van der Waals surface area contributed by atoms with Crippen LogP contribution in [0.5, 0.6) is 0 Å². The van der Waals surface area contributed by atoms with E-state index in [0.29, 0.717) is 14.9 Å². The molecule has 0 bridgehead atoms.